The standard InChI is InChI=1S/C17H16BrNO2/c18-15-6-3-4-12(8-15)10-19-17(20)14-9-13-5-1-2-7-16(13)21-11-14/h1-8,14H,9-11H2,(H,19,20). The van der Waals surface area contributed by atoms with Gasteiger partial charge in [-0.3, -0.25) is 4.79 Å². The molecule has 0 bridgehead atoms. The van der Waals surface area contributed by atoms with Crippen LogP contribution < -0.4 is 10.1 Å². The van der Waals surface area contributed by atoms with Crippen molar-refractivity contribution in [3.63, 3.8) is 0 Å². The zero-order chi connectivity index (χ0) is 14.7. The zero-order valence-corrected chi connectivity index (χ0v) is 13.1. The van der Waals surface area contributed by atoms with E-state index in [9.17, 15) is 4.79 Å². The van der Waals surface area contributed by atoms with Crippen LogP contribution in [0.15, 0.2) is 53.0 Å². The van der Waals surface area contributed by atoms with E-state index < -0.39 is 0 Å². The molecule has 21 heavy (non-hydrogen) atoms. The van der Waals surface area contributed by atoms with Crippen molar-refractivity contribution < 1.29 is 9.53 Å². The second-order valence-corrected chi connectivity index (χ2v) is 6.08. The summed E-state index contributed by atoms with van der Waals surface area (Å²) >= 11 is 3.43. The van der Waals surface area contributed by atoms with Gasteiger partial charge in [-0.2, -0.15) is 0 Å². The molecule has 0 spiro atoms. The maximum absolute atomic E-state index is 12.3. The van der Waals surface area contributed by atoms with Crippen LogP contribution in [0.5, 0.6) is 5.75 Å². The number of halogens is 1. The van der Waals surface area contributed by atoms with Gasteiger partial charge in [-0.15, -0.1) is 0 Å². The fourth-order valence-corrected chi connectivity index (χ4v) is 2.92. The summed E-state index contributed by atoms with van der Waals surface area (Å²) in [6.07, 6.45) is 0.737. The Kier molecular flexibility index (Phi) is 4.25. The Bertz CT molecular complexity index is 657. The fourth-order valence-electron chi connectivity index (χ4n) is 2.48. The van der Waals surface area contributed by atoms with Crippen LogP contribution in [-0.2, 0) is 17.8 Å². The highest BCUT2D eigenvalue weighted by molar-refractivity contribution is 9.10. The molecule has 1 amide bonds. The molecule has 1 unspecified atom stereocenters. The van der Waals surface area contributed by atoms with Gasteiger partial charge in [0.15, 0.2) is 0 Å². The molecule has 1 aliphatic rings. The van der Waals surface area contributed by atoms with E-state index in [4.69, 9.17) is 4.74 Å². The smallest absolute Gasteiger partial charge is 0.227 e. The lowest BCUT2D eigenvalue weighted by atomic mass is 9.96. The van der Waals surface area contributed by atoms with Gasteiger partial charge in [0.2, 0.25) is 5.91 Å². The van der Waals surface area contributed by atoms with Crippen molar-refractivity contribution in [1.82, 2.24) is 5.32 Å². The van der Waals surface area contributed by atoms with Crippen molar-refractivity contribution in [2.75, 3.05) is 6.61 Å². The molecular formula is C17H16BrNO2. The van der Waals surface area contributed by atoms with Crippen LogP contribution in [-0.4, -0.2) is 12.5 Å². The van der Waals surface area contributed by atoms with E-state index in [-0.39, 0.29) is 11.8 Å². The number of amides is 1. The summed E-state index contributed by atoms with van der Waals surface area (Å²) in [5.74, 6) is 0.824. The zero-order valence-electron chi connectivity index (χ0n) is 11.5. The molecule has 3 rings (SSSR count). The highest BCUT2D eigenvalue weighted by Gasteiger charge is 2.25. The summed E-state index contributed by atoms with van der Waals surface area (Å²) in [5.41, 5.74) is 2.18. The molecule has 0 saturated carbocycles. The van der Waals surface area contributed by atoms with Gasteiger partial charge in [0.25, 0.3) is 0 Å². The second kappa shape index (κ2) is 6.31. The first-order valence-electron chi connectivity index (χ1n) is 6.95. The average molecular weight is 346 g/mol. The second-order valence-electron chi connectivity index (χ2n) is 5.17. The summed E-state index contributed by atoms with van der Waals surface area (Å²) in [6, 6.07) is 15.8. The third-order valence-corrected chi connectivity index (χ3v) is 4.10. The predicted molar refractivity (Wildman–Crippen MR) is 85.1 cm³/mol. The summed E-state index contributed by atoms with van der Waals surface area (Å²) in [6.45, 7) is 0.984. The van der Waals surface area contributed by atoms with E-state index in [2.05, 4.69) is 21.2 Å². The molecule has 0 fully saturated rings. The van der Waals surface area contributed by atoms with Gasteiger partial charge in [-0.25, -0.2) is 0 Å². The van der Waals surface area contributed by atoms with Gasteiger partial charge in [-0.1, -0.05) is 46.3 Å². The third-order valence-electron chi connectivity index (χ3n) is 3.61. The summed E-state index contributed by atoms with van der Waals surface area (Å²) < 4.78 is 6.68. The van der Waals surface area contributed by atoms with Crippen molar-refractivity contribution in [2.24, 2.45) is 5.92 Å². The van der Waals surface area contributed by atoms with E-state index in [0.717, 1.165) is 27.8 Å². The average Bonchev–Trinajstić information content (AvgIpc) is 2.52. The Morgan fingerprint density at radius 1 is 1.24 bits per heavy atom. The Morgan fingerprint density at radius 3 is 2.95 bits per heavy atom. The van der Waals surface area contributed by atoms with Crippen molar-refractivity contribution >= 4 is 21.8 Å². The number of hydrogen-bond acceptors (Lipinski definition) is 2. The van der Waals surface area contributed by atoms with Crippen molar-refractivity contribution in [3.8, 4) is 5.75 Å². The van der Waals surface area contributed by atoms with Gasteiger partial charge in [0, 0.05) is 11.0 Å². The highest BCUT2D eigenvalue weighted by atomic mass is 79.9. The monoisotopic (exact) mass is 345 g/mol. The Hall–Kier alpha value is -1.81. The molecule has 0 aliphatic carbocycles. The molecule has 1 heterocycles. The van der Waals surface area contributed by atoms with Gasteiger partial charge < -0.3 is 10.1 Å². The molecule has 4 heteroatoms. The van der Waals surface area contributed by atoms with Gasteiger partial charge >= 0.3 is 0 Å². The summed E-state index contributed by atoms with van der Waals surface area (Å²) in [7, 11) is 0. The number of rotatable bonds is 3. The topological polar surface area (TPSA) is 38.3 Å². The Morgan fingerprint density at radius 2 is 2.10 bits per heavy atom. The van der Waals surface area contributed by atoms with Crippen LogP contribution >= 0.6 is 15.9 Å². The number of hydrogen-bond donors (Lipinski definition) is 1. The van der Waals surface area contributed by atoms with Gasteiger partial charge in [-0.05, 0) is 35.7 Å². The molecular weight excluding hydrogens is 330 g/mol. The molecule has 3 nitrogen and oxygen atoms in total. The first-order valence-corrected chi connectivity index (χ1v) is 7.74. The number of para-hydroxylation sites is 1. The SMILES string of the molecule is O=C(NCc1cccc(Br)c1)C1COc2ccccc2C1. The molecule has 0 saturated heterocycles. The number of fused-ring (bicyclic) bond motifs is 1. The quantitative estimate of drug-likeness (QED) is 0.926. The minimum atomic E-state index is -0.118. The minimum Gasteiger partial charge on any atom is -0.492 e. The molecule has 1 atom stereocenters. The van der Waals surface area contributed by atoms with Gasteiger partial charge in [0.05, 0.1) is 5.92 Å². The van der Waals surface area contributed by atoms with Crippen LogP contribution in [0.4, 0.5) is 0 Å². The molecule has 2 aromatic carbocycles. The van der Waals surface area contributed by atoms with Crippen LogP contribution in [0.3, 0.4) is 0 Å². The van der Waals surface area contributed by atoms with E-state index >= 15 is 0 Å². The fraction of sp³-hybridized carbons (Fsp3) is 0.235. The molecule has 2 aromatic rings. The minimum absolute atomic E-state index is 0.0458. The van der Waals surface area contributed by atoms with E-state index in [1.165, 1.54) is 0 Å². The lowest BCUT2D eigenvalue weighted by Gasteiger charge is -2.24. The molecule has 0 aromatic heterocycles. The third kappa shape index (κ3) is 3.45. The molecule has 108 valence electrons. The van der Waals surface area contributed by atoms with Crippen LogP contribution in [0.2, 0.25) is 0 Å². The number of ether oxygens (including phenoxy) is 1. The summed E-state index contributed by atoms with van der Waals surface area (Å²) in [5, 5.41) is 2.99. The number of carbonyl (C=O) groups excluding carboxylic acids is 1. The highest BCUT2D eigenvalue weighted by Crippen LogP contribution is 2.26. The van der Waals surface area contributed by atoms with E-state index in [0.29, 0.717) is 13.2 Å². The van der Waals surface area contributed by atoms with E-state index in [1.54, 1.807) is 0 Å². The Balaban J connectivity index is 1.59. The Labute approximate surface area is 132 Å². The first-order chi connectivity index (χ1) is 10.2. The van der Waals surface area contributed by atoms with E-state index in [1.807, 2.05) is 48.5 Å². The first kappa shape index (κ1) is 14.1. The van der Waals surface area contributed by atoms with Crippen molar-refractivity contribution in [2.45, 2.75) is 13.0 Å². The van der Waals surface area contributed by atoms with Crippen molar-refractivity contribution in [1.29, 1.82) is 0 Å². The number of carbonyl (C=O) groups is 1. The normalized spacial score (nSPS) is 16.7. The predicted octanol–water partition coefficient (Wildman–Crippen LogP) is 3.32. The summed E-state index contributed by atoms with van der Waals surface area (Å²) in [4.78, 5) is 12.3. The van der Waals surface area contributed by atoms with Gasteiger partial charge in [0.1, 0.15) is 12.4 Å². The largest absolute Gasteiger partial charge is 0.492 e. The lowest BCUT2D eigenvalue weighted by molar-refractivity contribution is -0.126. The maximum Gasteiger partial charge on any atom is 0.227 e. The lowest BCUT2D eigenvalue weighted by Crippen LogP contribution is -2.37. The van der Waals surface area contributed by atoms with Crippen LogP contribution in [0, 0.1) is 5.92 Å². The number of benzene rings is 2. The molecule has 1 N–H and O–H groups in total. The van der Waals surface area contributed by atoms with Crippen LogP contribution in [0.25, 0.3) is 0 Å². The maximum atomic E-state index is 12.3. The molecule has 0 radical (unpaired) electrons. The van der Waals surface area contributed by atoms with Crippen molar-refractivity contribution in [3.05, 3.63) is 64.1 Å². The van der Waals surface area contributed by atoms with Crippen LogP contribution in [0.1, 0.15) is 11.1 Å². The number of nitrogens with one attached hydrogen (secondary N) is 1. The molecule has 1 aliphatic heterocycles.